The normalized spacial score (nSPS) is 15.0. The van der Waals surface area contributed by atoms with Gasteiger partial charge in [0.25, 0.3) is 0 Å². The average molecular weight is 434 g/mol. The Kier molecular flexibility index (Phi) is 5.92. The van der Waals surface area contributed by atoms with Crippen molar-refractivity contribution in [2.45, 2.75) is 32.0 Å². The van der Waals surface area contributed by atoms with Crippen molar-refractivity contribution in [2.24, 2.45) is 0 Å². The second-order valence-electron chi connectivity index (χ2n) is 8.35. The maximum Gasteiger partial charge on any atom is 0.127 e. The molecule has 7 heteroatoms. The van der Waals surface area contributed by atoms with Gasteiger partial charge in [0.1, 0.15) is 22.7 Å². The third-order valence-electron chi connectivity index (χ3n) is 6.19. The van der Waals surface area contributed by atoms with Crippen molar-refractivity contribution in [3.8, 4) is 11.1 Å². The van der Waals surface area contributed by atoms with Gasteiger partial charge in [0.2, 0.25) is 0 Å². The largest absolute Gasteiger partial charge is 0.317 e. The molecular weight excluding hydrogens is 408 g/mol. The van der Waals surface area contributed by atoms with Crippen molar-refractivity contribution in [1.29, 1.82) is 0 Å². The van der Waals surface area contributed by atoms with Gasteiger partial charge in [-0.15, -0.1) is 0 Å². The predicted octanol–water partition coefficient (Wildman–Crippen LogP) is 4.66. The Hall–Kier alpha value is -3.16. The Bertz CT molecular complexity index is 1200. The molecule has 0 amide bonds. The highest BCUT2D eigenvalue weighted by atomic mass is 19.1. The van der Waals surface area contributed by atoms with Crippen LogP contribution in [0.4, 0.5) is 8.78 Å². The van der Waals surface area contributed by atoms with Crippen LogP contribution in [0.3, 0.4) is 0 Å². The first kappa shape index (κ1) is 20.7. The molecule has 4 aromatic rings. The summed E-state index contributed by atoms with van der Waals surface area (Å²) in [5.41, 5.74) is 5.17. The molecule has 32 heavy (non-hydrogen) atoms. The lowest BCUT2D eigenvalue weighted by Gasteiger charge is -2.35. The van der Waals surface area contributed by atoms with Gasteiger partial charge in [-0.25, -0.2) is 8.78 Å². The highest BCUT2D eigenvalue weighted by Crippen LogP contribution is 2.27. The number of halogens is 2. The Balaban J connectivity index is 1.43. The van der Waals surface area contributed by atoms with Crippen LogP contribution in [0.25, 0.3) is 22.2 Å². The van der Waals surface area contributed by atoms with Gasteiger partial charge in [-0.2, -0.15) is 15.4 Å². The molecule has 0 atom stereocenters. The third kappa shape index (κ3) is 4.54. The monoisotopic (exact) mass is 433 g/mol. The highest BCUT2D eigenvalue weighted by molar-refractivity contribution is 5.81. The number of aromatic nitrogens is 3. The highest BCUT2D eigenvalue weighted by Gasteiger charge is 2.22. The molecular formula is C25H25F2N5. The summed E-state index contributed by atoms with van der Waals surface area (Å²) in [5, 5.41) is 14.3. The number of nitrogens with zero attached hydrogens (tertiary/aromatic N) is 3. The predicted molar refractivity (Wildman–Crippen MR) is 121 cm³/mol. The van der Waals surface area contributed by atoms with Gasteiger partial charge in [-0.1, -0.05) is 24.3 Å². The summed E-state index contributed by atoms with van der Waals surface area (Å²) in [5.74, 6) is -0.459. The number of hydrogen-bond acceptors (Lipinski definition) is 4. The maximum absolute atomic E-state index is 14.9. The van der Waals surface area contributed by atoms with Gasteiger partial charge < -0.3 is 5.32 Å². The van der Waals surface area contributed by atoms with Crippen molar-refractivity contribution >= 4 is 11.0 Å². The first-order valence-electron chi connectivity index (χ1n) is 10.9. The molecule has 0 aliphatic carbocycles. The molecule has 1 aromatic heterocycles. The molecule has 0 radical (unpaired) electrons. The van der Waals surface area contributed by atoms with E-state index in [-0.39, 0.29) is 11.6 Å². The molecule has 1 aliphatic heterocycles. The van der Waals surface area contributed by atoms with Crippen molar-refractivity contribution in [1.82, 2.24) is 25.6 Å². The summed E-state index contributed by atoms with van der Waals surface area (Å²) < 4.78 is 28.3. The van der Waals surface area contributed by atoms with Gasteiger partial charge in [0, 0.05) is 24.7 Å². The van der Waals surface area contributed by atoms with Crippen molar-refractivity contribution < 1.29 is 8.78 Å². The first-order valence-corrected chi connectivity index (χ1v) is 10.9. The van der Waals surface area contributed by atoms with E-state index in [1.807, 2.05) is 36.4 Å². The first-order chi connectivity index (χ1) is 15.7. The Morgan fingerprint density at radius 1 is 0.812 bits per heavy atom. The number of hydrogen-bond donors (Lipinski definition) is 2. The Labute approximate surface area is 185 Å². The van der Waals surface area contributed by atoms with E-state index in [2.05, 4.69) is 25.6 Å². The van der Waals surface area contributed by atoms with Crippen LogP contribution in [-0.4, -0.2) is 39.4 Å². The summed E-state index contributed by atoms with van der Waals surface area (Å²) >= 11 is 0. The fourth-order valence-electron chi connectivity index (χ4n) is 4.42. The molecule has 1 aliphatic rings. The molecule has 3 aromatic carbocycles. The van der Waals surface area contributed by atoms with E-state index in [0.717, 1.165) is 53.7 Å². The lowest BCUT2D eigenvalue weighted by molar-refractivity contribution is 0.144. The molecule has 164 valence electrons. The Morgan fingerprint density at radius 2 is 1.53 bits per heavy atom. The van der Waals surface area contributed by atoms with Crippen LogP contribution in [0, 0.1) is 11.6 Å². The van der Waals surface area contributed by atoms with Crippen LogP contribution in [0.1, 0.15) is 24.0 Å². The van der Waals surface area contributed by atoms with Gasteiger partial charge in [0.15, 0.2) is 0 Å². The zero-order valence-electron chi connectivity index (χ0n) is 17.7. The fourth-order valence-corrected chi connectivity index (χ4v) is 4.42. The van der Waals surface area contributed by atoms with Crippen LogP contribution in [0.5, 0.6) is 0 Å². The second kappa shape index (κ2) is 9.14. The molecule has 0 unspecified atom stereocenters. The molecule has 2 N–H and O–H groups in total. The molecule has 5 nitrogen and oxygen atoms in total. The number of nitrogens with one attached hydrogen (secondary N) is 2. The molecule has 0 saturated carbocycles. The summed E-state index contributed by atoms with van der Waals surface area (Å²) in [6, 6.07) is 18.0. The van der Waals surface area contributed by atoms with E-state index in [9.17, 15) is 8.78 Å². The smallest absolute Gasteiger partial charge is 0.127 e. The summed E-state index contributed by atoms with van der Waals surface area (Å²) in [4.78, 5) is 2.32. The average Bonchev–Trinajstić information content (AvgIpc) is 3.30. The number of H-pyrrole nitrogens is 1. The quantitative estimate of drug-likeness (QED) is 0.465. The fraction of sp³-hybridized carbons (Fsp3) is 0.280. The lowest BCUT2D eigenvalue weighted by Crippen LogP contribution is -2.42. The van der Waals surface area contributed by atoms with Gasteiger partial charge >= 0.3 is 0 Å². The molecule has 2 heterocycles. The third-order valence-corrected chi connectivity index (χ3v) is 6.19. The molecule has 0 bridgehead atoms. The summed E-state index contributed by atoms with van der Waals surface area (Å²) in [6.07, 6.45) is 2.01. The Morgan fingerprint density at radius 3 is 2.34 bits per heavy atom. The topological polar surface area (TPSA) is 56.8 Å². The number of aromatic amines is 1. The van der Waals surface area contributed by atoms with Gasteiger partial charge in [-0.3, -0.25) is 4.90 Å². The van der Waals surface area contributed by atoms with Crippen LogP contribution in [0.15, 0.2) is 60.7 Å². The number of rotatable bonds is 6. The van der Waals surface area contributed by atoms with E-state index < -0.39 is 0 Å². The summed E-state index contributed by atoms with van der Waals surface area (Å²) in [7, 11) is 0. The minimum atomic E-state index is -0.245. The molecule has 1 fully saturated rings. The molecule has 1 saturated heterocycles. The number of piperidine rings is 1. The van der Waals surface area contributed by atoms with Crippen molar-refractivity contribution in [3.05, 3.63) is 83.4 Å². The minimum absolute atomic E-state index is 0.214. The van der Waals surface area contributed by atoms with Crippen LogP contribution in [-0.2, 0) is 13.1 Å². The van der Waals surface area contributed by atoms with E-state index in [1.165, 1.54) is 18.2 Å². The van der Waals surface area contributed by atoms with E-state index in [4.69, 9.17) is 0 Å². The van der Waals surface area contributed by atoms with E-state index in [1.54, 1.807) is 6.07 Å². The van der Waals surface area contributed by atoms with Gasteiger partial charge in [-0.05, 0) is 79.0 Å². The van der Waals surface area contributed by atoms with E-state index >= 15 is 0 Å². The van der Waals surface area contributed by atoms with Crippen molar-refractivity contribution in [3.63, 3.8) is 0 Å². The lowest BCUT2D eigenvalue weighted by atomic mass is 9.99. The van der Waals surface area contributed by atoms with Crippen LogP contribution < -0.4 is 5.32 Å². The number of fused-ring (bicyclic) bond motifs is 1. The molecule has 5 rings (SSSR count). The minimum Gasteiger partial charge on any atom is -0.317 e. The zero-order chi connectivity index (χ0) is 21.9. The standard InChI is InChI=1S/C25H25F2N5/c26-21-5-1-17(2-6-21)15-32(22-9-11-28-12-10-22)16-20-13-18(3-7-23(20)27)19-4-8-24-25(14-19)30-31-29-24/h1-8,13-14,22,28H,9-12,15-16H2,(H,29,30,31). The van der Waals surface area contributed by atoms with Crippen LogP contribution in [0.2, 0.25) is 0 Å². The number of benzene rings is 3. The van der Waals surface area contributed by atoms with Crippen molar-refractivity contribution in [2.75, 3.05) is 13.1 Å². The SMILES string of the molecule is Fc1ccc(CN(Cc2cc(-c3ccc4n[nH]nc4c3)ccc2F)C2CCNCC2)cc1. The second-order valence-corrected chi connectivity index (χ2v) is 8.35. The maximum atomic E-state index is 14.9. The van der Waals surface area contributed by atoms with Gasteiger partial charge in [0.05, 0.1) is 0 Å². The summed E-state index contributed by atoms with van der Waals surface area (Å²) in [6.45, 7) is 3.04. The zero-order valence-corrected chi connectivity index (χ0v) is 17.7. The van der Waals surface area contributed by atoms with E-state index in [0.29, 0.717) is 24.7 Å². The molecule has 0 spiro atoms. The van der Waals surface area contributed by atoms with Crippen LogP contribution >= 0.6 is 0 Å².